The van der Waals surface area contributed by atoms with Crippen molar-refractivity contribution in [2.24, 2.45) is 5.73 Å². The fraction of sp³-hybridized carbons (Fsp3) is 0.900. The van der Waals surface area contributed by atoms with Crippen LogP contribution in [-0.4, -0.2) is 24.7 Å². The lowest BCUT2D eigenvalue weighted by atomic mass is 10.0. The van der Waals surface area contributed by atoms with Crippen LogP contribution in [0.1, 0.15) is 40.0 Å². The molecule has 2 amide bonds. The first-order valence-electron chi connectivity index (χ1n) is 5.32. The van der Waals surface area contributed by atoms with E-state index >= 15 is 0 Å². The van der Waals surface area contributed by atoms with Crippen LogP contribution in [0.2, 0.25) is 0 Å². The normalized spacial score (nSPS) is 14.6. The number of hydrogen-bond acceptors (Lipinski definition) is 2. The number of urea groups is 1. The average molecular weight is 201 g/mol. The Balaban J connectivity index is 3.53. The van der Waals surface area contributed by atoms with E-state index in [1.807, 2.05) is 13.8 Å². The molecule has 0 fully saturated rings. The molecule has 0 rings (SSSR count). The summed E-state index contributed by atoms with van der Waals surface area (Å²) in [5.41, 5.74) is 5.57. The van der Waals surface area contributed by atoms with Crippen LogP contribution in [-0.2, 0) is 0 Å². The molecule has 4 heteroatoms. The molecular weight excluding hydrogens is 178 g/mol. The number of hydrogen-bond donors (Lipinski definition) is 3. The Morgan fingerprint density at radius 2 is 2.00 bits per heavy atom. The number of unbranched alkanes of at least 4 members (excludes halogenated alkanes) is 1. The van der Waals surface area contributed by atoms with Gasteiger partial charge in [0.2, 0.25) is 0 Å². The van der Waals surface area contributed by atoms with Gasteiger partial charge >= 0.3 is 6.03 Å². The van der Waals surface area contributed by atoms with E-state index in [0.717, 1.165) is 25.8 Å². The predicted octanol–water partition coefficient (Wildman–Crippen LogP) is 1.21. The van der Waals surface area contributed by atoms with Crippen molar-refractivity contribution < 1.29 is 4.79 Å². The summed E-state index contributed by atoms with van der Waals surface area (Å²) >= 11 is 0. The summed E-state index contributed by atoms with van der Waals surface area (Å²) in [6.45, 7) is 7.28. The Morgan fingerprint density at radius 1 is 1.36 bits per heavy atom. The van der Waals surface area contributed by atoms with Gasteiger partial charge in [-0.1, -0.05) is 20.3 Å². The highest BCUT2D eigenvalue weighted by Gasteiger charge is 2.15. The molecule has 4 N–H and O–H groups in total. The molecule has 1 atom stereocenters. The molecule has 1 unspecified atom stereocenters. The van der Waals surface area contributed by atoms with E-state index in [0.29, 0.717) is 6.54 Å². The Morgan fingerprint density at radius 3 is 2.50 bits per heavy atom. The molecule has 0 aromatic rings. The standard InChI is InChI=1S/C10H23N3O/c1-4-6-7-12-9(14)13-8-10(3,11)5-2/h4-8,11H2,1-3H3,(H2,12,13,14). The lowest BCUT2D eigenvalue weighted by molar-refractivity contribution is 0.237. The molecule has 0 aliphatic heterocycles. The topological polar surface area (TPSA) is 67.2 Å². The van der Waals surface area contributed by atoms with Crippen LogP contribution in [0.25, 0.3) is 0 Å². The van der Waals surface area contributed by atoms with Crippen LogP contribution < -0.4 is 16.4 Å². The van der Waals surface area contributed by atoms with E-state index in [1.165, 1.54) is 0 Å². The average Bonchev–Trinajstić information content (AvgIpc) is 2.16. The third-order valence-corrected chi connectivity index (χ3v) is 2.28. The maximum atomic E-state index is 11.2. The van der Waals surface area contributed by atoms with Gasteiger partial charge in [0, 0.05) is 18.6 Å². The number of carbonyl (C=O) groups is 1. The molecule has 0 bridgehead atoms. The third-order valence-electron chi connectivity index (χ3n) is 2.28. The molecule has 0 saturated carbocycles. The molecule has 0 spiro atoms. The van der Waals surface area contributed by atoms with Gasteiger partial charge in [-0.15, -0.1) is 0 Å². The van der Waals surface area contributed by atoms with Gasteiger partial charge in [-0.25, -0.2) is 4.79 Å². The minimum absolute atomic E-state index is 0.122. The van der Waals surface area contributed by atoms with Crippen molar-refractivity contribution in [1.29, 1.82) is 0 Å². The van der Waals surface area contributed by atoms with E-state index in [2.05, 4.69) is 17.6 Å². The zero-order valence-corrected chi connectivity index (χ0v) is 9.52. The summed E-state index contributed by atoms with van der Waals surface area (Å²) in [7, 11) is 0. The first kappa shape index (κ1) is 13.2. The smallest absolute Gasteiger partial charge is 0.314 e. The lowest BCUT2D eigenvalue weighted by Gasteiger charge is -2.22. The monoisotopic (exact) mass is 201 g/mol. The molecule has 0 heterocycles. The SMILES string of the molecule is CCCCNC(=O)NCC(C)(N)CC. The predicted molar refractivity (Wildman–Crippen MR) is 59.2 cm³/mol. The second-order valence-electron chi connectivity index (χ2n) is 3.97. The van der Waals surface area contributed by atoms with Crippen molar-refractivity contribution >= 4 is 6.03 Å². The summed E-state index contributed by atoms with van der Waals surface area (Å²) < 4.78 is 0. The fourth-order valence-electron chi connectivity index (χ4n) is 0.848. The van der Waals surface area contributed by atoms with E-state index in [4.69, 9.17) is 5.73 Å². The summed E-state index contributed by atoms with van der Waals surface area (Å²) in [5, 5.41) is 5.53. The van der Waals surface area contributed by atoms with Crippen molar-refractivity contribution in [1.82, 2.24) is 10.6 Å². The van der Waals surface area contributed by atoms with Gasteiger partial charge in [0.15, 0.2) is 0 Å². The Labute approximate surface area is 86.6 Å². The Kier molecular flexibility index (Phi) is 6.28. The molecule has 14 heavy (non-hydrogen) atoms. The Hall–Kier alpha value is -0.770. The van der Waals surface area contributed by atoms with Crippen molar-refractivity contribution in [3.8, 4) is 0 Å². The molecule has 84 valence electrons. The second-order valence-corrected chi connectivity index (χ2v) is 3.97. The molecule has 0 aliphatic rings. The summed E-state index contributed by atoms with van der Waals surface area (Å²) in [5.74, 6) is 0. The molecule has 0 saturated heterocycles. The van der Waals surface area contributed by atoms with E-state index in [9.17, 15) is 4.79 Å². The van der Waals surface area contributed by atoms with Gasteiger partial charge < -0.3 is 16.4 Å². The number of carbonyl (C=O) groups excluding carboxylic acids is 1. The zero-order chi connectivity index (χ0) is 11.0. The van der Waals surface area contributed by atoms with Crippen LogP contribution in [0, 0.1) is 0 Å². The number of rotatable bonds is 6. The van der Waals surface area contributed by atoms with Crippen LogP contribution in [0.15, 0.2) is 0 Å². The molecule has 0 aromatic carbocycles. The van der Waals surface area contributed by atoms with Crippen LogP contribution in [0.5, 0.6) is 0 Å². The maximum absolute atomic E-state index is 11.2. The lowest BCUT2D eigenvalue weighted by Crippen LogP contribution is -2.49. The summed E-state index contributed by atoms with van der Waals surface area (Å²) in [6.07, 6.45) is 2.95. The first-order chi connectivity index (χ1) is 6.52. The highest BCUT2D eigenvalue weighted by molar-refractivity contribution is 5.73. The van der Waals surface area contributed by atoms with Crippen molar-refractivity contribution in [2.45, 2.75) is 45.6 Å². The number of nitrogens with one attached hydrogen (secondary N) is 2. The highest BCUT2D eigenvalue weighted by Crippen LogP contribution is 2.01. The van der Waals surface area contributed by atoms with Crippen LogP contribution in [0.4, 0.5) is 4.79 Å². The largest absolute Gasteiger partial charge is 0.338 e. The van der Waals surface area contributed by atoms with Gasteiger partial charge in [-0.05, 0) is 19.8 Å². The van der Waals surface area contributed by atoms with Gasteiger partial charge in [0.25, 0.3) is 0 Å². The number of nitrogens with two attached hydrogens (primary N) is 1. The van der Waals surface area contributed by atoms with Crippen molar-refractivity contribution in [3.05, 3.63) is 0 Å². The van der Waals surface area contributed by atoms with E-state index < -0.39 is 0 Å². The second kappa shape index (κ2) is 6.65. The maximum Gasteiger partial charge on any atom is 0.314 e. The highest BCUT2D eigenvalue weighted by atomic mass is 16.2. The van der Waals surface area contributed by atoms with Crippen LogP contribution in [0.3, 0.4) is 0 Å². The fourth-order valence-corrected chi connectivity index (χ4v) is 0.848. The van der Waals surface area contributed by atoms with E-state index in [-0.39, 0.29) is 11.6 Å². The number of amides is 2. The van der Waals surface area contributed by atoms with E-state index in [1.54, 1.807) is 0 Å². The molecular formula is C10H23N3O. The minimum atomic E-state index is -0.303. The quantitative estimate of drug-likeness (QED) is 0.565. The van der Waals surface area contributed by atoms with Crippen LogP contribution >= 0.6 is 0 Å². The Bertz CT molecular complexity index is 169. The van der Waals surface area contributed by atoms with Gasteiger partial charge in [-0.3, -0.25) is 0 Å². The molecule has 0 radical (unpaired) electrons. The molecule has 0 aromatic heterocycles. The summed E-state index contributed by atoms with van der Waals surface area (Å²) in [6, 6.07) is -0.122. The minimum Gasteiger partial charge on any atom is -0.338 e. The van der Waals surface area contributed by atoms with Gasteiger partial charge in [-0.2, -0.15) is 0 Å². The third kappa shape index (κ3) is 6.71. The summed E-state index contributed by atoms with van der Waals surface area (Å²) in [4.78, 5) is 11.2. The van der Waals surface area contributed by atoms with Gasteiger partial charge in [0.05, 0.1) is 0 Å². The van der Waals surface area contributed by atoms with Gasteiger partial charge in [0.1, 0.15) is 0 Å². The molecule has 4 nitrogen and oxygen atoms in total. The van der Waals surface area contributed by atoms with Crippen molar-refractivity contribution in [2.75, 3.05) is 13.1 Å². The first-order valence-corrected chi connectivity index (χ1v) is 5.32. The molecule has 0 aliphatic carbocycles. The van der Waals surface area contributed by atoms with Crippen molar-refractivity contribution in [3.63, 3.8) is 0 Å². The zero-order valence-electron chi connectivity index (χ0n) is 9.52.